The normalized spacial score (nSPS) is 10.9. The Bertz CT molecular complexity index is 1320. The number of carbonyl (C=O) groups excluding carboxylic acids is 1. The number of nitro groups is 1. The predicted molar refractivity (Wildman–Crippen MR) is 140 cm³/mol. The molecule has 9 heteroatoms. The summed E-state index contributed by atoms with van der Waals surface area (Å²) in [5, 5.41) is 23.7. The number of hydrogen-bond donors (Lipinski definition) is 1. The molecule has 0 saturated heterocycles. The van der Waals surface area contributed by atoms with E-state index in [1.165, 1.54) is 30.3 Å². The summed E-state index contributed by atoms with van der Waals surface area (Å²) in [5.41, 5.74) is 2.43. The Morgan fingerprint density at radius 1 is 1.24 bits per heavy atom. The Hall–Kier alpha value is -3.42. The summed E-state index contributed by atoms with van der Waals surface area (Å²) in [6.07, 6.45) is 2.02. The number of nitrogens with one attached hydrogen (secondary N) is 1. The minimum Gasteiger partial charge on any atom is -0.494 e. The average Bonchev–Trinajstić information content (AvgIpc) is 2.81. The van der Waals surface area contributed by atoms with Gasteiger partial charge < -0.3 is 10.1 Å². The Morgan fingerprint density at radius 3 is 2.68 bits per heavy atom. The Balaban J connectivity index is 1.91. The number of anilines is 1. The summed E-state index contributed by atoms with van der Waals surface area (Å²) < 4.78 is 6.75. The SMILES string of the molecule is CCOc1cc(/C=C(\C#N)C(=O)Nc2cccc([N+](=O)[O-])c2)cc(I)c1Cc1ccccc1Cl. The fourth-order valence-electron chi connectivity index (χ4n) is 3.21. The van der Waals surface area contributed by atoms with Gasteiger partial charge in [0.2, 0.25) is 0 Å². The number of rotatable bonds is 8. The van der Waals surface area contributed by atoms with Crippen LogP contribution in [0, 0.1) is 25.0 Å². The average molecular weight is 588 g/mol. The van der Waals surface area contributed by atoms with E-state index >= 15 is 0 Å². The molecule has 0 fully saturated rings. The van der Waals surface area contributed by atoms with Crippen molar-refractivity contribution in [1.29, 1.82) is 5.26 Å². The first kappa shape index (κ1) is 25.2. The van der Waals surface area contributed by atoms with E-state index in [1.807, 2.05) is 43.3 Å². The van der Waals surface area contributed by atoms with Gasteiger partial charge in [0, 0.05) is 38.4 Å². The lowest BCUT2D eigenvalue weighted by atomic mass is 10.0. The molecule has 7 nitrogen and oxygen atoms in total. The number of hydrogen-bond acceptors (Lipinski definition) is 5. The van der Waals surface area contributed by atoms with Crippen molar-refractivity contribution in [2.24, 2.45) is 0 Å². The monoisotopic (exact) mass is 587 g/mol. The lowest BCUT2D eigenvalue weighted by Crippen LogP contribution is -2.13. The van der Waals surface area contributed by atoms with Crippen molar-refractivity contribution in [3.63, 3.8) is 0 Å². The van der Waals surface area contributed by atoms with Crippen LogP contribution in [-0.4, -0.2) is 17.4 Å². The molecule has 172 valence electrons. The number of non-ortho nitro benzene ring substituents is 1. The number of nitriles is 1. The summed E-state index contributed by atoms with van der Waals surface area (Å²) in [5.74, 6) is -0.0342. The van der Waals surface area contributed by atoms with Crippen LogP contribution in [0.5, 0.6) is 5.75 Å². The third-order valence-corrected chi connectivity index (χ3v) is 6.12. The zero-order valence-corrected chi connectivity index (χ0v) is 21.0. The Kier molecular flexibility index (Phi) is 8.62. The zero-order chi connectivity index (χ0) is 24.7. The molecule has 3 aromatic rings. The summed E-state index contributed by atoms with van der Waals surface area (Å²) in [6, 6.07) is 18.6. The largest absolute Gasteiger partial charge is 0.494 e. The van der Waals surface area contributed by atoms with Gasteiger partial charge in [-0.25, -0.2) is 0 Å². The van der Waals surface area contributed by atoms with Gasteiger partial charge in [0.05, 0.1) is 11.5 Å². The second kappa shape index (κ2) is 11.6. The highest BCUT2D eigenvalue weighted by Gasteiger charge is 2.15. The fraction of sp³-hybridized carbons (Fsp3) is 0.120. The van der Waals surface area contributed by atoms with Gasteiger partial charge >= 0.3 is 0 Å². The molecule has 0 aliphatic rings. The first-order valence-corrected chi connectivity index (χ1v) is 11.6. The summed E-state index contributed by atoms with van der Waals surface area (Å²) in [7, 11) is 0. The first-order valence-electron chi connectivity index (χ1n) is 10.2. The van der Waals surface area contributed by atoms with Gasteiger partial charge in [0.15, 0.2) is 0 Å². The molecule has 1 amide bonds. The van der Waals surface area contributed by atoms with E-state index < -0.39 is 10.8 Å². The minimum atomic E-state index is -0.670. The van der Waals surface area contributed by atoms with Gasteiger partial charge in [-0.3, -0.25) is 14.9 Å². The van der Waals surface area contributed by atoms with Crippen molar-refractivity contribution >= 4 is 57.5 Å². The smallest absolute Gasteiger partial charge is 0.271 e. The van der Waals surface area contributed by atoms with Crippen LogP contribution in [0.1, 0.15) is 23.6 Å². The molecule has 0 atom stereocenters. The molecule has 0 radical (unpaired) electrons. The van der Waals surface area contributed by atoms with Crippen molar-refractivity contribution in [1.82, 2.24) is 0 Å². The molecule has 0 spiro atoms. The summed E-state index contributed by atoms with van der Waals surface area (Å²) in [6.45, 7) is 2.32. The Morgan fingerprint density at radius 2 is 2.00 bits per heavy atom. The van der Waals surface area contributed by atoms with E-state index in [4.69, 9.17) is 16.3 Å². The van der Waals surface area contributed by atoms with Crippen LogP contribution in [0.25, 0.3) is 6.08 Å². The number of halogens is 2. The lowest BCUT2D eigenvalue weighted by molar-refractivity contribution is -0.384. The number of carbonyl (C=O) groups is 1. The van der Waals surface area contributed by atoms with E-state index in [-0.39, 0.29) is 16.9 Å². The molecular weight excluding hydrogens is 569 g/mol. The van der Waals surface area contributed by atoms with Crippen LogP contribution in [0.15, 0.2) is 66.2 Å². The van der Waals surface area contributed by atoms with Crippen molar-refractivity contribution in [3.8, 4) is 11.8 Å². The van der Waals surface area contributed by atoms with Gasteiger partial charge in [0.25, 0.3) is 11.6 Å². The van der Waals surface area contributed by atoms with Crippen molar-refractivity contribution in [2.45, 2.75) is 13.3 Å². The third kappa shape index (κ3) is 6.34. The van der Waals surface area contributed by atoms with E-state index in [2.05, 4.69) is 27.9 Å². The highest BCUT2D eigenvalue weighted by atomic mass is 127. The minimum absolute atomic E-state index is 0.149. The maximum absolute atomic E-state index is 12.7. The van der Waals surface area contributed by atoms with Crippen LogP contribution in [0.3, 0.4) is 0 Å². The molecule has 0 aliphatic carbocycles. The molecule has 0 aliphatic heterocycles. The van der Waals surface area contributed by atoms with Gasteiger partial charge in [-0.05, 0) is 71.0 Å². The molecule has 3 aromatic carbocycles. The van der Waals surface area contributed by atoms with E-state index in [1.54, 1.807) is 6.07 Å². The molecule has 0 heterocycles. The number of ether oxygens (including phenoxy) is 1. The molecule has 1 N–H and O–H groups in total. The van der Waals surface area contributed by atoms with Gasteiger partial charge in [-0.15, -0.1) is 0 Å². The predicted octanol–water partition coefficient (Wildman–Crippen LogP) is 6.39. The highest BCUT2D eigenvalue weighted by molar-refractivity contribution is 14.1. The number of nitrogens with zero attached hydrogens (tertiary/aromatic N) is 2. The van der Waals surface area contributed by atoms with Gasteiger partial charge in [0.1, 0.15) is 17.4 Å². The molecule has 0 bridgehead atoms. The molecule has 0 aromatic heterocycles. The van der Waals surface area contributed by atoms with E-state index in [9.17, 15) is 20.2 Å². The summed E-state index contributed by atoms with van der Waals surface area (Å²) in [4.78, 5) is 23.1. The third-order valence-electron chi connectivity index (χ3n) is 4.79. The lowest BCUT2D eigenvalue weighted by Gasteiger charge is -2.15. The standard InChI is InChI=1S/C25H19ClIN3O4/c1-2-34-24-12-16(11-23(27)21(24)13-17-6-3-4-9-22(17)26)10-18(15-28)25(31)29-19-7-5-8-20(14-19)30(32)33/h3-12,14H,2,13H2,1H3,(H,29,31)/b18-10+. The Labute approximate surface area is 215 Å². The second-order valence-electron chi connectivity index (χ2n) is 7.11. The molecule has 34 heavy (non-hydrogen) atoms. The van der Waals surface area contributed by atoms with Crippen LogP contribution < -0.4 is 10.1 Å². The van der Waals surface area contributed by atoms with E-state index in [0.717, 1.165) is 14.7 Å². The molecule has 0 saturated carbocycles. The number of nitro benzene ring substituents is 1. The van der Waals surface area contributed by atoms with Gasteiger partial charge in [-0.1, -0.05) is 35.9 Å². The zero-order valence-electron chi connectivity index (χ0n) is 18.0. The maximum atomic E-state index is 12.7. The van der Waals surface area contributed by atoms with Crippen molar-refractivity contribution < 1.29 is 14.5 Å². The fourth-order valence-corrected chi connectivity index (χ4v) is 4.23. The topological polar surface area (TPSA) is 105 Å². The van der Waals surface area contributed by atoms with Crippen LogP contribution in [-0.2, 0) is 11.2 Å². The first-order chi connectivity index (χ1) is 16.3. The molecular formula is C25H19ClIN3O4. The second-order valence-corrected chi connectivity index (χ2v) is 8.68. The molecule has 0 unspecified atom stereocenters. The highest BCUT2D eigenvalue weighted by Crippen LogP contribution is 2.31. The van der Waals surface area contributed by atoms with Crippen molar-refractivity contribution in [3.05, 3.63) is 102 Å². The van der Waals surface area contributed by atoms with Crippen molar-refractivity contribution in [2.75, 3.05) is 11.9 Å². The van der Waals surface area contributed by atoms with Crippen LogP contribution >= 0.6 is 34.2 Å². The van der Waals surface area contributed by atoms with E-state index in [0.29, 0.717) is 29.4 Å². The number of benzene rings is 3. The quantitative estimate of drug-likeness (QED) is 0.108. The van der Waals surface area contributed by atoms with Crippen LogP contribution in [0.4, 0.5) is 11.4 Å². The number of amides is 1. The summed E-state index contributed by atoms with van der Waals surface area (Å²) >= 11 is 8.53. The van der Waals surface area contributed by atoms with Crippen LogP contribution in [0.2, 0.25) is 5.02 Å². The van der Waals surface area contributed by atoms with Gasteiger partial charge in [-0.2, -0.15) is 5.26 Å². The maximum Gasteiger partial charge on any atom is 0.271 e. The molecule has 3 rings (SSSR count).